The summed E-state index contributed by atoms with van der Waals surface area (Å²) < 4.78 is 0. The van der Waals surface area contributed by atoms with Crippen LogP contribution in [0.1, 0.15) is 17.3 Å². The lowest BCUT2D eigenvalue weighted by atomic mass is 10.1. The molecule has 0 aliphatic carbocycles. The summed E-state index contributed by atoms with van der Waals surface area (Å²) >= 11 is 1.73. The lowest BCUT2D eigenvalue weighted by molar-refractivity contribution is 0.104. The van der Waals surface area contributed by atoms with Crippen molar-refractivity contribution in [2.75, 3.05) is 5.32 Å². The van der Waals surface area contributed by atoms with E-state index in [-0.39, 0.29) is 5.78 Å². The van der Waals surface area contributed by atoms with Gasteiger partial charge in [0.15, 0.2) is 5.78 Å². The van der Waals surface area contributed by atoms with E-state index in [1.807, 2.05) is 55.5 Å². The van der Waals surface area contributed by atoms with Crippen LogP contribution in [0, 0.1) is 0 Å². The quantitative estimate of drug-likeness (QED) is 0.277. The number of para-hydroxylation sites is 1. The van der Waals surface area contributed by atoms with Crippen molar-refractivity contribution >= 4 is 34.0 Å². The minimum Gasteiger partial charge on any atom is -0.358 e. The molecular weight excluding hydrogens is 374 g/mol. The van der Waals surface area contributed by atoms with E-state index in [2.05, 4.69) is 53.8 Å². The van der Waals surface area contributed by atoms with Crippen LogP contribution >= 0.6 is 11.8 Å². The Labute approximate surface area is 175 Å². The maximum absolute atomic E-state index is 12.4. The molecule has 0 saturated carbocycles. The molecule has 0 amide bonds. The second-order valence-electron chi connectivity index (χ2n) is 6.76. The van der Waals surface area contributed by atoms with Crippen molar-refractivity contribution in [3.63, 3.8) is 0 Å². The Morgan fingerprint density at radius 3 is 2.28 bits per heavy atom. The number of ketones is 1. The lowest BCUT2D eigenvalue weighted by Crippen LogP contribution is -2.02. The Hall–Kier alpha value is -3.30. The van der Waals surface area contributed by atoms with Crippen molar-refractivity contribution in [1.82, 2.24) is 0 Å². The van der Waals surface area contributed by atoms with E-state index in [9.17, 15) is 4.79 Å². The predicted octanol–water partition coefficient (Wildman–Crippen LogP) is 7.19. The number of nitrogens with one attached hydrogen (secondary N) is 1. The monoisotopic (exact) mass is 395 g/mol. The van der Waals surface area contributed by atoms with Crippen molar-refractivity contribution in [2.24, 2.45) is 0 Å². The molecule has 0 unspecified atom stereocenters. The van der Waals surface area contributed by atoms with Gasteiger partial charge in [0.2, 0.25) is 0 Å². The Kier molecular flexibility index (Phi) is 5.78. The van der Waals surface area contributed by atoms with Gasteiger partial charge in [0.25, 0.3) is 0 Å². The van der Waals surface area contributed by atoms with Crippen LogP contribution in [0.4, 0.5) is 5.69 Å². The van der Waals surface area contributed by atoms with Crippen LogP contribution in [0.5, 0.6) is 0 Å². The van der Waals surface area contributed by atoms with Gasteiger partial charge >= 0.3 is 0 Å². The zero-order valence-electron chi connectivity index (χ0n) is 16.1. The number of rotatable bonds is 6. The fourth-order valence-electron chi connectivity index (χ4n) is 3.19. The first kappa shape index (κ1) is 19.0. The highest BCUT2D eigenvalue weighted by molar-refractivity contribution is 7.99. The lowest BCUT2D eigenvalue weighted by Gasteiger charge is -2.13. The highest BCUT2D eigenvalue weighted by Gasteiger charge is 2.08. The van der Waals surface area contributed by atoms with Crippen LogP contribution < -0.4 is 5.32 Å². The third-order valence-electron chi connectivity index (χ3n) is 4.59. The van der Waals surface area contributed by atoms with Crippen molar-refractivity contribution < 1.29 is 4.79 Å². The summed E-state index contributed by atoms with van der Waals surface area (Å²) in [7, 11) is 0. The van der Waals surface area contributed by atoms with Gasteiger partial charge in [0.05, 0.1) is 5.69 Å². The number of fused-ring (bicyclic) bond motifs is 1. The normalized spacial score (nSPS) is 11.4. The zero-order chi connectivity index (χ0) is 20.1. The van der Waals surface area contributed by atoms with Gasteiger partial charge in [-0.15, -0.1) is 0 Å². The van der Waals surface area contributed by atoms with Crippen molar-refractivity contribution in [2.45, 2.75) is 16.7 Å². The Morgan fingerprint density at radius 1 is 0.759 bits per heavy atom. The maximum Gasteiger partial charge on any atom is 0.187 e. The number of hydrogen-bond donors (Lipinski definition) is 1. The molecule has 4 aromatic carbocycles. The van der Waals surface area contributed by atoms with Gasteiger partial charge in [-0.3, -0.25) is 4.79 Å². The molecular formula is C26H21NOS. The number of carbonyl (C=O) groups excluding carboxylic acids is 1. The number of allylic oxidation sites excluding steroid dienone is 2. The predicted molar refractivity (Wildman–Crippen MR) is 123 cm³/mol. The standard InChI is InChI=1S/C26H21NOS/c1-19(18-24(28)21-11-3-2-4-12-21)27-23-15-7-8-16-26(23)29-25-17-9-13-20-10-5-6-14-22(20)25/h2-18,27H,1H3. The van der Waals surface area contributed by atoms with Gasteiger partial charge in [-0.1, -0.05) is 90.6 Å². The van der Waals surface area contributed by atoms with Crippen LogP contribution in [0.15, 0.2) is 119 Å². The molecule has 0 saturated heterocycles. The van der Waals surface area contributed by atoms with Crippen LogP contribution in [0.3, 0.4) is 0 Å². The van der Waals surface area contributed by atoms with E-state index < -0.39 is 0 Å². The summed E-state index contributed by atoms with van der Waals surface area (Å²) in [5.74, 6) is -0.00483. The summed E-state index contributed by atoms with van der Waals surface area (Å²) in [6, 6.07) is 32.3. The molecule has 0 heterocycles. The molecule has 0 spiro atoms. The van der Waals surface area contributed by atoms with Gasteiger partial charge in [-0.2, -0.15) is 0 Å². The summed E-state index contributed by atoms with van der Waals surface area (Å²) in [5, 5.41) is 5.87. The molecule has 1 N–H and O–H groups in total. The third kappa shape index (κ3) is 4.58. The molecule has 0 fully saturated rings. The summed E-state index contributed by atoms with van der Waals surface area (Å²) in [6.45, 7) is 1.92. The Morgan fingerprint density at radius 2 is 1.41 bits per heavy atom. The maximum atomic E-state index is 12.4. The number of benzene rings is 4. The third-order valence-corrected chi connectivity index (χ3v) is 5.75. The van der Waals surface area contributed by atoms with Crippen molar-refractivity contribution in [3.05, 3.63) is 114 Å². The fraction of sp³-hybridized carbons (Fsp3) is 0.0385. The van der Waals surface area contributed by atoms with Gasteiger partial charge in [-0.05, 0) is 35.9 Å². The second kappa shape index (κ2) is 8.80. The SMILES string of the molecule is CC(=CC(=O)c1ccccc1)Nc1ccccc1Sc1cccc2ccccc12. The summed E-state index contributed by atoms with van der Waals surface area (Å²) in [6.07, 6.45) is 1.65. The summed E-state index contributed by atoms with van der Waals surface area (Å²) in [4.78, 5) is 14.8. The Bertz CT molecular complexity index is 1180. The first-order valence-corrected chi connectivity index (χ1v) is 10.3. The molecule has 4 rings (SSSR count). The molecule has 0 bridgehead atoms. The smallest absolute Gasteiger partial charge is 0.187 e. The van der Waals surface area contributed by atoms with Gasteiger partial charge < -0.3 is 5.32 Å². The van der Waals surface area contributed by atoms with E-state index in [4.69, 9.17) is 0 Å². The molecule has 4 aromatic rings. The highest BCUT2D eigenvalue weighted by atomic mass is 32.2. The topological polar surface area (TPSA) is 29.1 Å². The average molecular weight is 396 g/mol. The minimum atomic E-state index is -0.00483. The summed E-state index contributed by atoms with van der Waals surface area (Å²) in [5.41, 5.74) is 2.48. The van der Waals surface area contributed by atoms with Crippen LogP contribution in [0.2, 0.25) is 0 Å². The molecule has 142 valence electrons. The number of hydrogen-bond acceptors (Lipinski definition) is 3. The molecule has 0 aromatic heterocycles. The van der Waals surface area contributed by atoms with Crippen LogP contribution in [0.25, 0.3) is 10.8 Å². The first-order valence-electron chi connectivity index (χ1n) is 9.50. The highest BCUT2D eigenvalue weighted by Crippen LogP contribution is 2.37. The molecule has 2 nitrogen and oxygen atoms in total. The van der Waals surface area contributed by atoms with Crippen LogP contribution in [-0.4, -0.2) is 5.78 Å². The second-order valence-corrected chi connectivity index (χ2v) is 7.84. The van der Waals surface area contributed by atoms with Crippen molar-refractivity contribution in [3.8, 4) is 0 Å². The van der Waals surface area contributed by atoms with E-state index in [0.29, 0.717) is 5.56 Å². The van der Waals surface area contributed by atoms with E-state index >= 15 is 0 Å². The number of carbonyl (C=O) groups is 1. The minimum absolute atomic E-state index is 0.00483. The van der Waals surface area contributed by atoms with E-state index in [0.717, 1.165) is 16.3 Å². The van der Waals surface area contributed by atoms with Gasteiger partial charge in [0.1, 0.15) is 0 Å². The molecule has 0 atom stereocenters. The van der Waals surface area contributed by atoms with Gasteiger partial charge in [0, 0.05) is 27.1 Å². The fourth-order valence-corrected chi connectivity index (χ4v) is 4.25. The van der Waals surface area contributed by atoms with Gasteiger partial charge in [-0.25, -0.2) is 0 Å². The first-order chi connectivity index (χ1) is 14.2. The zero-order valence-corrected chi connectivity index (χ0v) is 16.9. The van der Waals surface area contributed by atoms with E-state index in [1.54, 1.807) is 17.8 Å². The number of anilines is 1. The van der Waals surface area contributed by atoms with E-state index in [1.165, 1.54) is 15.7 Å². The largest absolute Gasteiger partial charge is 0.358 e. The van der Waals surface area contributed by atoms with Crippen LogP contribution in [-0.2, 0) is 0 Å². The molecule has 0 aliphatic heterocycles. The molecule has 0 aliphatic rings. The Balaban J connectivity index is 1.58. The molecule has 3 heteroatoms. The molecule has 29 heavy (non-hydrogen) atoms. The molecule has 0 radical (unpaired) electrons. The van der Waals surface area contributed by atoms with Crippen molar-refractivity contribution in [1.29, 1.82) is 0 Å². The average Bonchev–Trinajstić information content (AvgIpc) is 2.76.